The largest absolute Gasteiger partial charge is 0.422 e. The minimum Gasteiger partial charge on any atom is -0.422 e. The Bertz CT molecular complexity index is 677. The minimum absolute atomic E-state index is 0.0175. The number of carbonyl (C=O) groups is 1. The molecule has 0 aliphatic rings. The van der Waals surface area contributed by atoms with Crippen LogP contribution in [0.2, 0.25) is 0 Å². The highest BCUT2D eigenvalue weighted by Crippen LogP contribution is 2.12. The Morgan fingerprint density at radius 3 is 2.90 bits per heavy atom. The number of amides is 1. The van der Waals surface area contributed by atoms with Gasteiger partial charge in [-0.2, -0.15) is 0 Å². The summed E-state index contributed by atoms with van der Waals surface area (Å²) in [4.78, 5) is 23.8. The molecule has 112 valence electrons. The third kappa shape index (κ3) is 3.92. The lowest BCUT2D eigenvalue weighted by Gasteiger charge is -2.08. The van der Waals surface area contributed by atoms with Gasteiger partial charge < -0.3 is 14.8 Å². The molecule has 0 aliphatic heterocycles. The Morgan fingerprint density at radius 2 is 2.14 bits per heavy atom. The van der Waals surface area contributed by atoms with Gasteiger partial charge in [-0.05, 0) is 30.9 Å². The van der Waals surface area contributed by atoms with Crippen LogP contribution < -0.4 is 10.9 Å². The van der Waals surface area contributed by atoms with Crippen LogP contribution in [0.4, 0.5) is 0 Å². The molecule has 0 radical (unpaired) electrons. The zero-order chi connectivity index (χ0) is 15.2. The first kappa shape index (κ1) is 15.3. The predicted molar refractivity (Wildman–Crippen MR) is 80.3 cm³/mol. The number of benzene rings is 1. The molecule has 0 fully saturated rings. The molecule has 0 bridgehead atoms. The van der Waals surface area contributed by atoms with E-state index in [0.29, 0.717) is 12.1 Å². The SMILES string of the molecule is CC(CO)CCCNC(=O)c1cc2ccccc2oc1=O. The number of nitrogens with one attached hydrogen (secondary N) is 1. The molecule has 5 nitrogen and oxygen atoms in total. The van der Waals surface area contributed by atoms with Crippen molar-refractivity contribution >= 4 is 16.9 Å². The molecule has 0 saturated heterocycles. The highest BCUT2D eigenvalue weighted by molar-refractivity contribution is 5.96. The van der Waals surface area contributed by atoms with Gasteiger partial charge in [-0.1, -0.05) is 25.1 Å². The smallest absolute Gasteiger partial charge is 0.349 e. The zero-order valence-corrected chi connectivity index (χ0v) is 12.0. The molecule has 0 spiro atoms. The fourth-order valence-corrected chi connectivity index (χ4v) is 2.06. The number of hydrogen-bond acceptors (Lipinski definition) is 4. The van der Waals surface area contributed by atoms with Crippen LogP contribution in [0.25, 0.3) is 11.0 Å². The van der Waals surface area contributed by atoms with Crippen LogP contribution in [0.1, 0.15) is 30.1 Å². The molecule has 5 heteroatoms. The van der Waals surface area contributed by atoms with E-state index in [0.717, 1.165) is 18.2 Å². The van der Waals surface area contributed by atoms with Crippen LogP contribution in [0, 0.1) is 5.92 Å². The second-order valence-corrected chi connectivity index (χ2v) is 5.17. The van der Waals surface area contributed by atoms with Gasteiger partial charge >= 0.3 is 5.63 Å². The molecule has 1 atom stereocenters. The average Bonchev–Trinajstić information content (AvgIpc) is 2.50. The van der Waals surface area contributed by atoms with E-state index < -0.39 is 11.5 Å². The van der Waals surface area contributed by atoms with E-state index in [-0.39, 0.29) is 18.1 Å². The van der Waals surface area contributed by atoms with E-state index in [1.165, 1.54) is 0 Å². The monoisotopic (exact) mass is 289 g/mol. The standard InChI is InChI=1S/C16H19NO4/c1-11(10-18)5-4-8-17-15(19)13-9-12-6-2-3-7-14(12)21-16(13)20/h2-3,6-7,9,11,18H,4-5,8,10H2,1H3,(H,17,19). The molecule has 1 heterocycles. The summed E-state index contributed by atoms with van der Waals surface area (Å²) in [6.07, 6.45) is 1.58. The van der Waals surface area contributed by atoms with Crippen molar-refractivity contribution in [2.24, 2.45) is 5.92 Å². The molecule has 1 aromatic heterocycles. The second-order valence-electron chi connectivity index (χ2n) is 5.17. The van der Waals surface area contributed by atoms with Crippen molar-refractivity contribution in [1.82, 2.24) is 5.32 Å². The van der Waals surface area contributed by atoms with Crippen LogP contribution in [-0.4, -0.2) is 24.2 Å². The highest BCUT2D eigenvalue weighted by Gasteiger charge is 2.13. The van der Waals surface area contributed by atoms with Crippen molar-refractivity contribution in [2.75, 3.05) is 13.2 Å². The van der Waals surface area contributed by atoms with Crippen LogP contribution in [0.3, 0.4) is 0 Å². The Kier molecular flexibility index (Phi) is 5.11. The molecular formula is C16H19NO4. The fourth-order valence-electron chi connectivity index (χ4n) is 2.06. The van der Waals surface area contributed by atoms with Crippen molar-refractivity contribution in [1.29, 1.82) is 0 Å². The van der Waals surface area contributed by atoms with Gasteiger partial charge in [0.1, 0.15) is 11.1 Å². The Balaban J connectivity index is 2.02. The maximum Gasteiger partial charge on any atom is 0.349 e. The number of rotatable bonds is 6. The number of para-hydroxylation sites is 1. The molecule has 2 N–H and O–H groups in total. The highest BCUT2D eigenvalue weighted by atomic mass is 16.4. The van der Waals surface area contributed by atoms with Gasteiger partial charge in [0.2, 0.25) is 0 Å². The quantitative estimate of drug-likeness (QED) is 0.629. The Labute approximate surface area is 122 Å². The first-order valence-corrected chi connectivity index (χ1v) is 7.03. The summed E-state index contributed by atoms with van der Waals surface area (Å²) in [6.45, 7) is 2.55. The molecule has 0 saturated carbocycles. The van der Waals surface area contributed by atoms with Crippen molar-refractivity contribution in [3.05, 3.63) is 46.3 Å². The van der Waals surface area contributed by atoms with Crippen molar-refractivity contribution in [2.45, 2.75) is 19.8 Å². The van der Waals surface area contributed by atoms with Crippen LogP contribution in [0.15, 0.2) is 39.5 Å². The van der Waals surface area contributed by atoms with E-state index in [1.54, 1.807) is 24.3 Å². The first-order chi connectivity index (χ1) is 10.1. The lowest BCUT2D eigenvalue weighted by Crippen LogP contribution is -2.29. The van der Waals surface area contributed by atoms with Crippen LogP contribution in [0.5, 0.6) is 0 Å². The van der Waals surface area contributed by atoms with Crippen molar-refractivity contribution in [3.63, 3.8) is 0 Å². The normalized spacial score (nSPS) is 12.3. The predicted octanol–water partition coefficient (Wildman–Crippen LogP) is 1.93. The summed E-state index contributed by atoms with van der Waals surface area (Å²) in [5.74, 6) is -0.209. The average molecular weight is 289 g/mol. The number of fused-ring (bicyclic) bond motifs is 1. The topological polar surface area (TPSA) is 79.5 Å². The summed E-state index contributed by atoms with van der Waals surface area (Å²) in [5.41, 5.74) is -0.144. The molecule has 1 aromatic carbocycles. The molecule has 2 rings (SSSR count). The maximum atomic E-state index is 12.0. The van der Waals surface area contributed by atoms with E-state index in [1.807, 2.05) is 13.0 Å². The zero-order valence-electron chi connectivity index (χ0n) is 12.0. The van der Waals surface area contributed by atoms with Crippen molar-refractivity contribution in [3.8, 4) is 0 Å². The number of aliphatic hydroxyl groups excluding tert-OH is 1. The van der Waals surface area contributed by atoms with Gasteiger partial charge in [0.05, 0.1) is 0 Å². The molecule has 2 aromatic rings. The van der Waals surface area contributed by atoms with E-state index in [2.05, 4.69) is 5.32 Å². The molecule has 21 heavy (non-hydrogen) atoms. The van der Waals surface area contributed by atoms with Gasteiger partial charge in [-0.3, -0.25) is 4.79 Å². The van der Waals surface area contributed by atoms with E-state index >= 15 is 0 Å². The van der Waals surface area contributed by atoms with Crippen molar-refractivity contribution < 1.29 is 14.3 Å². The Morgan fingerprint density at radius 1 is 1.38 bits per heavy atom. The lowest BCUT2D eigenvalue weighted by molar-refractivity contribution is 0.0948. The lowest BCUT2D eigenvalue weighted by atomic mass is 10.1. The van der Waals surface area contributed by atoms with Gasteiger partial charge in [0.25, 0.3) is 5.91 Å². The first-order valence-electron chi connectivity index (χ1n) is 7.03. The van der Waals surface area contributed by atoms with Gasteiger partial charge in [-0.25, -0.2) is 4.79 Å². The summed E-state index contributed by atoms with van der Waals surface area (Å²) in [5, 5.41) is 12.3. The molecular weight excluding hydrogens is 270 g/mol. The Hall–Kier alpha value is -2.14. The van der Waals surface area contributed by atoms with Gasteiger partial charge in [-0.15, -0.1) is 0 Å². The van der Waals surface area contributed by atoms with Crippen LogP contribution >= 0.6 is 0 Å². The van der Waals surface area contributed by atoms with Crippen LogP contribution in [-0.2, 0) is 0 Å². The van der Waals surface area contributed by atoms with E-state index in [4.69, 9.17) is 9.52 Å². The minimum atomic E-state index is -0.630. The number of aliphatic hydroxyl groups is 1. The maximum absolute atomic E-state index is 12.0. The fraction of sp³-hybridized carbons (Fsp3) is 0.375. The molecule has 0 aliphatic carbocycles. The number of carbonyl (C=O) groups excluding carboxylic acids is 1. The number of hydrogen-bond donors (Lipinski definition) is 2. The summed E-state index contributed by atoms with van der Waals surface area (Å²) in [7, 11) is 0. The van der Waals surface area contributed by atoms with Gasteiger partial charge in [0, 0.05) is 18.5 Å². The third-order valence-corrected chi connectivity index (χ3v) is 3.36. The van der Waals surface area contributed by atoms with Gasteiger partial charge in [0.15, 0.2) is 0 Å². The second kappa shape index (κ2) is 7.04. The van der Waals surface area contributed by atoms with E-state index in [9.17, 15) is 9.59 Å². The summed E-state index contributed by atoms with van der Waals surface area (Å²) >= 11 is 0. The third-order valence-electron chi connectivity index (χ3n) is 3.36. The summed E-state index contributed by atoms with van der Waals surface area (Å²) < 4.78 is 5.13. The molecule has 1 amide bonds. The molecule has 1 unspecified atom stereocenters. The summed E-state index contributed by atoms with van der Waals surface area (Å²) in [6, 6.07) is 8.62.